The molecule has 0 saturated carbocycles. The number of aryl methyl sites for hydroxylation is 1. The van der Waals surface area contributed by atoms with Crippen LogP contribution in [0.5, 0.6) is 0 Å². The predicted octanol–water partition coefficient (Wildman–Crippen LogP) is 4.84. The monoisotopic (exact) mass is 329 g/mol. The van der Waals surface area contributed by atoms with E-state index in [1.807, 2.05) is 12.1 Å². The molecule has 0 atom stereocenters. The number of thiocarbonyl (C=S) groups is 1. The average Bonchev–Trinajstić information content (AvgIpc) is 2.49. The molecule has 0 radical (unpaired) electrons. The maximum Gasteiger partial charge on any atom is 0.269 e. The van der Waals surface area contributed by atoms with Crippen molar-refractivity contribution in [2.45, 2.75) is 26.7 Å². The molecule has 2 N–H and O–H groups in total. The molecule has 0 saturated heterocycles. The van der Waals surface area contributed by atoms with Crippen LogP contribution in [-0.2, 0) is 0 Å². The molecule has 0 amide bonds. The van der Waals surface area contributed by atoms with Gasteiger partial charge in [-0.3, -0.25) is 10.1 Å². The van der Waals surface area contributed by atoms with Crippen molar-refractivity contribution < 1.29 is 4.92 Å². The Morgan fingerprint density at radius 2 is 1.78 bits per heavy atom. The fraction of sp³-hybridized carbons (Fsp3) is 0.235. The van der Waals surface area contributed by atoms with Crippen molar-refractivity contribution in [3.05, 3.63) is 63.7 Å². The summed E-state index contributed by atoms with van der Waals surface area (Å²) in [5.41, 5.74) is 3.73. The summed E-state index contributed by atoms with van der Waals surface area (Å²) in [4.78, 5) is 10.3. The first-order valence-electron chi connectivity index (χ1n) is 7.30. The van der Waals surface area contributed by atoms with Crippen molar-refractivity contribution in [1.82, 2.24) is 0 Å². The average molecular weight is 329 g/mol. The maximum absolute atomic E-state index is 10.8. The molecule has 2 rings (SSSR count). The van der Waals surface area contributed by atoms with Gasteiger partial charge in [-0.25, -0.2) is 0 Å². The van der Waals surface area contributed by atoms with E-state index in [9.17, 15) is 10.1 Å². The van der Waals surface area contributed by atoms with Crippen LogP contribution < -0.4 is 10.6 Å². The van der Waals surface area contributed by atoms with Crippen molar-refractivity contribution in [2.75, 3.05) is 10.6 Å². The van der Waals surface area contributed by atoms with E-state index in [0.29, 0.717) is 11.0 Å². The smallest absolute Gasteiger partial charge is 0.269 e. The fourth-order valence-electron chi connectivity index (χ4n) is 2.14. The minimum atomic E-state index is -0.413. The summed E-state index contributed by atoms with van der Waals surface area (Å²) in [6, 6.07) is 12.7. The molecule has 2 aromatic rings. The van der Waals surface area contributed by atoms with Gasteiger partial charge in [-0.2, -0.15) is 0 Å². The lowest BCUT2D eigenvalue weighted by molar-refractivity contribution is -0.384. The molecule has 0 bridgehead atoms. The van der Waals surface area contributed by atoms with Gasteiger partial charge < -0.3 is 10.6 Å². The van der Waals surface area contributed by atoms with Gasteiger partial charge in [0.25, 0.3) is 5.69 Å². The van der Waals surface area contributed by atoms with E-state index in [2.05, 4.69) is 36.6 Å². The van der Waals surface area contributed by atoms with Crippen molar-refractivity contribution >= 4 is 34.4 Å². The standard InChI is InChI=1S/C17H19N3O2S/c1-11(2)13-4-6-14(7-5-13)18-17(23)19-16-9-8-15(20(21)22)10-12(16)3/h4-11H,1-3H3,(H2,18,19,23). The van der Waals surface area contributed by atoms with Gasteiger partial charge >= 0.3 is 0 Å². The second-order valence-corrected chi connectivity index (χ2v) is 6.02. The quantitative estimate of drug-likeness (QED) is 0.477. The Hall–Kier alpha value is -2.47. The summed E-state index contributed by atoms with van der Waals surface area (Å²) < 4.78 is 0. The molecule has 0 aliphatic heterocycles. The van der Waals surface area contributed by atoms with Gasteiger partial charge in [0.05, 0.1) is 4.92 Å². The topological polar surface area (TPSA) is 67.2 Å². The summed E-state index contributed by atoms with van der Waals surface area (Å²) in [5, 5.41) is 17.4. The van der Waals surface area contributed by atoms with E-state index in [1.54, 1.807) is 13.0 Å². The van der Waals surface area contributed by atoms with Crippen molar-refractivity contribution in [2.24, 2.45) is 0 Å². The highest BCUT2D eigenvalue weighted by Gasteiger charge is 2.09. The Balaban J connectivity index is 2.03. The van der Waals surface area contributed by atoms with E-state index < -0.39 is 4.92 Å². The van der Waals surface area contributed by atoms with Gasteiger partial charge in [0, 0.05) is 23.5 Å². The Bertz CT molecular complexity index is 727. The lowest BCUT2D eigenvalue weighted by Crippen LogP contribution is -2.19. The number of benzene rings is 2. The minimum Gasteiger partial charge on any atom is -0.332 e. The first-order valence-corrected chi connectivity index (χ1v) is 7.70. The van der Waals surface area contributed by atoms with Crippen LogP contribution in [0.4, 0.5) is 17.1 Å². The van der Waals surface area contributed by atoms with E-state index in [0.717, 1.165) is 16.9 Å². The van der Waals surface area contributed by atoms with E-state index in [4.69, 9.17) is 12.2 Å². The number of non-ortho nitro benzene ring substituents is 1. The molecule has 0 spiro atoms. The fourth-order valence-corrected chi connectivity index (χ4v) is 2.37. The van der Waals surface area contributed by atoms with Gasteiger partial charge in [0.1, 0.15) is 0 Å². The molecule has 120 valence electrons. The van der Waals surface area contributed by atoms with Gasteiger partial charge in [-0.15, -0.1) is 0 Å². The van der Waals surface area contributed by atoms with Crippen molar-refractivity contribution in [1.29, 1.82) is 0 Å². The molecule has 5 nitrogen and oxygen atoms in total. The highest BCUT2D eigenvalue weighted by atomic mass is 32.1. The summed E-state index contributed by atoms with van der Waals surface area (Å²) in [6.07, 6.45) is 0. The van der Waals surface area contributed by atoms with Crippen LogP contribution >= 0.6 is 12.2 Å². The number of hydrogen-bond donors (Lipinski definition) is 2. The SMILES string of the molecule is Cc1cc([N+](=O)[O-])ccc1NC(=S)Nc1ccc(C(C)C)cc1. The molecule has 0 unspecified atom stereocenters. The van der Waals surface area contributed by atoms with Crippen molar-refractivity contribution in [3.8, 4) is 0 Å². The van der Waals surface area contributed by atoms with Crippen LogP contribution in [0.3, 0.4) is 0 Å². The highest BCUT2D eigenvalue weighted by molar-refractivity contribution is 7.80. The lowest BCUT2D eigenvalue weighted by atomic mass is 10.0. The van der Waals surface area contributed by atoms with Gasteiger partial charge in [-0.1, -0.05) is 26.0 Å². The number of nitro groups is 1. The third-order valence-electron chi connectivity index (χ3n) is 3.50. The zero-order valence-electron chi connectivity index (χ0n) is 13.3. The Kier molecular flexibility index (Phi) is 5.28. The number of hydrogen-bond acceptors (Lipinski definition) is 3. The minimum absolute atomic E-state index is 0.0659. The molecule has 2 aromatic carbocycles. The Morgan fingerprint density at radius 3 is 2.30 bits per heavy atom. The van der Waals surface area contributed by atoms with Crippen LogP contribution in [0.25, 0.3) is 0 Å². The van der Waals surface area contributed by atoms with Gasteiger partial charge in [-0.05, 0) is 54.4 Å². The summed E-state index contributed by atoms with van der Waals surface area (Å²) in [6.45, 7) is 6.09. The number of anilines is 2. The van der Waals surface area contributed by atoms with Gasteiger partial charge in [0.2, 0.25) is 0 Å². The van der Waals surface area contributed by atoms with Crippen LogP contribution in [-0.4, -0.2) is 10.0 Å². The zero-order chi connectivity index (χ0) is 17.0. The molecule has 23 heavy (non-hydrogen) atoms. The number of nitro benzene ring substituents is 1. The molecule has 0 aliphatic rings. The summed E-state index contributed by atoms with van der Waals surface area (Å²) in [7, 11) is 0. The van der Waals surface area contributed by atoms with E-state index in [1.165, 1.54) is 17.7 Å². The lowest BCUT2D eigenvalue weighted by Gasteiger charge is -2.13. The molecular weight excluding hydrogens is 310 g/mol. The van der Waals surface area contributed by atoms with E-state index in [-0.39, 0.29) is 5.69 Å². The largest absolute Gasteiger partial charge is 0.332 e. The van der Waals surface area contributed by atoms with Crippen LogP contribution in [0.15, 0.2) is 42.5 Å². The number of nitrogens with one attached hydrogen (secondary N) is 2. The van der Waals surface area contributed by atoms with Gasteiger partial charge in [0.15, 0.2) is 5.11 Å². The van der Waals surface area contributed by atoms with Crippen LogP contribution in [0.1, 0.15) is 30.9 Å². The normalized spacial score (nSPS) is 10.4. The summed E-state index contributed by atoms with van der Waals surface area (Å²) in [5.74, 6) is 0.483. The predicted molar refractivity (Wildman–Crippen MR) is 98.2 cm³/mol. The first-order chi connectivity index (χ1) is 10.9. The van der Waals surface area contributed by atoms with Crippen molar-refractivity contribution in [3.63, 3.8) is 0 Å². The highest BCUT2D eigenvalue weighted by Crippen LogP contribution is 2.22. The van der Waals surface area contributed by atoms with Crippen LogP contribution in [0.2, 0.25) is 0 Å². The second-order valence-electron chi connectivity index (χ2n) is 5.61. The molecule has 6 heteroatoms. The molecule has 0 aliphatic carbocycles. The number of nitrogens with zero attached hydrogens (tertiary/aromatic N) is 1. The third kappa shape index (κ3) is 4.50. The maximum atomic E-state index is 10.8. The molecule has 0 aromatic heterocycles. The number of rotatable bonds is 4. The Labute approximate surface area is 140 Å². The zero-order valence-corrected chi connectivity index (χ0v) is 14.1. The molecule has 0 fully saturated rings. The van der Waals surface area contributed by atoms with Crippen LogP contribution in [0, 0.1) is 17.0 Å². The Morgan fingerprint density at radius 1 is 1.13 bits per heavy atom. The second kappa shape index (κ2) is 7.19. The first kappa shape index (κ1) is 16.9. The molecule has 0 heterocycles. The third-order valence-corrected chi connectivity index (χ3v) is 3.71. The molecular formula is C17H19N3O2S. The van der Waals surface area contributed by atoms with E-state index >= 15 is 0 Å². The summed E-state index contributed by atoms with van der Waals surface area (Å²) >= 11 is 5.29.